The molecule has 6 aromatic carbocycles. The number of hydrogen-bond acceptors (Lipinski definition) is 3. The van der Waals surface area contributed by atoms with Crippen molar-refractivity contribution in [3.8, 4) is 39.5 Å². The van der Waals surface area contributed by atoms with Crippen molar-refractivity contribution in [2.24, 2.45) is 0 Å². The number of pyridine rings is 1. The molecule has 0 bridgehead atoms. The van der Waals surface area contributed by atoms with Crippen molar-refractivity contribution in [3.05, 3.63) is 168 Å². The van der Waals surface area contributed by atoms with Gasteiger partial charge < -0.3 is 14.0 Å². The normalized spacial score (nSPS) is 12.6. The molecule has 0 fully saturated rings. The van der Waals surface area contributed by atoms with Gasteiger partial charge >= 0.3 is 0 Å². The monoisotopic (exact) mass is 969 g/mol. The number of hydrogen-bond donors (Lipinski definition) is 0. The fourth-order valence-corrected chi connectivity index (χ4v) is 8.74. The number of nitrogens with zero attached hydrogens (tertiary/aromatic N) is 3. The summed E-state index contributed by atoms with van der Waals surface area (Å²) in [6, 6.07) is 49.8. The van der Waals surface area contributed by atoms with Crippen molar-refractivity contribution in [3.63, 3.8) is 0 Å². The van der Waals surface area contributed by atoms with E-state index in [1.165, 1.54) is 44.8 Å². The van der Waals surface area contributed by atoms with E-state index >= 15 is 0 Å². The molecule has 0 atom stereocenters. The summed E-state index contributed by atoms with van der Waals surface area (Å²) in [6.07, 6.45) is 1.92. The fourth-order valence-electron chi connectivity index (χ4n) is 7.71. The first-order valence-corrected chi connectivity index (χ1v) is 23.6. The third-order valence-electron chi connectivity index (χ3n) is 10.9. The molecule has 0 saturated heterocycles. The van der Waals surface area contributed by atoms with Gasteiger partial charge in [-0.2, -0.15) is 0 Å². The van der Waals surface area contributed by atoms with Gasteiger partial charge in [0, 0.05) is 41.5 Å². The van der Waals surface area contributed by atoms with Gasteiger partial charge in [0.25, 0.3) is 0 Å². The van der Waals surface area contributed by atoms with Gasteiger partial charge in [0.1, 0.15) is 5.58 Å². The topological polar surface area (TPSA) is 43.9 Å². The van der Waals surface area contributed by atoms with E-state index in [-0.39, 0.29) is 20.1 Å². The maximum Gasteiger partial charge on any atom is 0.121 e. The maximum atomic E-state index is 7.35. The van der Waals surface area contributed by atoms with Gasteiger partial charge in [-0.15, -0.1) is 59.2 Å². The van der Waals surface area contributed by atoms with Crippen molar-refractivity contribution in [1.82, 2.24) is 14.5 Å². The van der Waals surface area contributed by atoms with E-state index in [9.17, 15) is 0 Å². The van der Waals surface area contributed by atoms with Crippen molar-refractivity contribution >= 4 is 46.2 Å². The Morgan fingerprint density at radius 1 is 0.712 bits per heavy atom. The number of imidazole rings is 1. The van der Waals surface area contributed by atoms with Crippen LogP contribution in [-0.2, 0) is 20.1 Å². The molecule has 0 N–H and O–H groups in total. The molecule has 0 amide bonds. The van der Waals surface area contributed by atoms with Gasteiger partial charge in [0.05, 0.1) is 30.5 Å². The predicted molar refractivity (Wildman–Crippen MR) is 247 cm³/mol. The molecule has 9 rings (SSSR count). The minimum Gasteiger partial charge on any atom is -0.500 e. The molecule has 0 spiro atoms. The summed E-state index contributed by atoms with van der Waals surface area (Å²) < 4.78 is 30.6. The second-order valence-corrected chi connectivity index (χ2v) is 21.9. The molecule has 0 aliphatic carbocycles. The summed E-state index contributed by atoms with van der Waals surface area (Å²) in [5.74, 6) is 1.52. The molecule has 6 heteroatoms. The molecule has 4 nitrogen and oxygen atoms in total. The smallest absolute Gasteiger partial charge is 0.121 e. The zero-order valence-electron chi connectivity index (χ0n) is 37.9. The standard InChI is InChI=1S/C38H33N2O.C15H18NSi.Ir/c1-23(2)29-21-28(26-13-7-6-8-14-26)22-30(24(3)4)37(29)40-33-16-10-9-15-32(33)39-38(40)27-18-19-34-31(20-27)36-25(5)12-11-17-35(36)41-34;1-12-5-7-13(8-6-12)15-10-9-14(11-16-15)17(2,3)4;/h6-17,19-24H,1-5H3;5-7,9-11H,1-4H3;/q2*-1;/i;1D3;. The SMILES string of the molecule is Cc1cccc2oc3c[c-]c(-c4nc5ccccc5n4-c4c(C(C)C)cc(-c5ccccc5)cc4C(C)C)cc3c12.[2H]C([2H])([2H])c1c[c-]c(-c2ccc([Si](C)(C)C)cn2)cc1.[Ir]. The minimum absolute atomic E-state index is 0. The zero-order valence-corrected chi connectivity index (χ0v) is 38.3. The summed E-state index contributed by atoms with van der Waals surface area (Å²) >= 11 is 0. The Kier molecular flexibility index (Phi) is 10.9. The molecular weight excluding hydrogens is 915 g/mol. The summed E-state index contributed by atoms with van der Waals surface area (Å²) in [5, 5.41) is 3.55. The molecule has 59 heavy (non-hydrogen) atoms. The van der Waals surface area contributed by atoms with E-state index in [0.29, 0.717) is 17.4 Å². The van der Waals surface area contributed by atoms with E-state index in [1.54, 1.807) is 12.1 Å². The van der Waals surface area contributed by atoms with Crippen LogP contribution in [0.3, 0.4) is 0 Å². The molecule has 299 valence electrons. The predicted octanol–water partition coefficient (Wildman–Crippen LogP) is 14.0. The first-order valence-electron chi connectivity index (χ1n) is 21.6. The third kappa shape index (κ3) is 8.40. The molecular formula is C53H51IrN3OSi-2. The molecule has 0 aliphatic heterocycles. The van der Waals surface area contributed by atoms with Crippen molar-refractivity contribution in [2.75, 3.05) is 0 Å². The Morgan fingerprint density at radius 3 is 2.07 bits per heavy atom. The van der Waals surface area contributed by atoms with Gasteiger partial charge in [-0.1, -0.05) is 126 Å². The zero-order chi connectivity index (χ0) is 43.2. The summed E-state index contributed by atoms with van der Waals surface area (Å²) in [6.45, 7) is 16.0. The third-order valence-corrected chi connectivity index (χ3v) is 12.9. The van der Waals surface area contributed by atoms with E-state index in [0.717, 1.165) is 55.6 Å². The molecule has 9 aromatic rings. The van der Waals surface area contributed by atoms with Crippen LogP contribution in [0, 0.1) is 25.9 Å². The summed E-state index contributed by atoms with van der Waals surface area (Å²) in [5.41, 5.74) is 14.3. The van der Waals surface area contributed by atoms with E-state index in [2.05, 4.69) is 161 Å². The fraction of sp³-hybridized carbons (Fsp3) is 0.208. The van der Waals surface area contributed by atoms with E-state index in [4.69, 9.17) is 13.5 Å². The Morgan fingerprint density at radius 2 is 1.42 bits per heavy atom. The second kappa shape index (κ2) is 17.1. The van der Waals surface area contributed by atoms with Crippen LogP contribution in [0.5, 0.6) is 0 Å². The Balaban J connectivity index is 0.000000233. The van der Waals surface area contributed by atoms with Gasteiger partial charge in [-0.3, -0.25) is 4.98 Å². The van der Waals surface area contributed by atoms with Gasteiger partial charge in [0.2, 0.25) is 0 Å². The van der Waals surface area contributed by atoms with Crippen LogP contribution in [0.1, 0.15) is 65.9 Å². The van der Waals surface area contributed by atoms with E-state index < -0.39 is 14.9 Å². The molecule has 1 radical (unpaired) electrons. The Hall–Kier alpha value is -5.39. The molecule has 0 saturated carbocycles. The van der Waals surface area contributed by atoms with Crippen LogP contribution in [0.4, 0.5) is 0 Å². The molecule has 0 unspecified atom stereocenters. The van der Waals surface area contributed by atoms with Gasteiger partial charge in [-0.25, -0.2) is 0 Å². The van der Waals surface area contributed by atoms with Crippen molar-refractivity contribution < 1.29 is 28.6 Å². The number of fused-ring (bicyclic) bond motifs is 4. The van der Waals surface area contributed by atoms with Crippen LogP contribution >= 0.6 is 0 Å². The Bertz CT molecular complexity index is 2910. The van der Waals surface area contributed by atoms with Crippen molar-refractivity contribution in [1.29, 1.82) is 0 Å². The first kappa shape index (κ1) is 37.8. The summed E-state index contributed by atoms with van der Waals surface area (Å²) in [7, 11) is -1.34. The number of furan rings is 1. The molecule has 0 aliphatic rings. The second-order valence-electron chi connectivity index (χ2n) is 16.8. The van der Waals surface area contributed by atoms with E-state index in [1.807, 2.05) is 30.5 Å². The first-order chi connectivity index (χ1) is 29.1. The number of aromatic nitrogens is 3. The van der Waals surface area contributed by atoms with Crippen LogP contribution in [0.15, 0.2) is 138 Å². The van der Waals surface area contributed by atoms with Crippen LogP contribution in [0.25, 0.3) is 72.4 Å². The maximum absolute atomic E-state index is 7.35. The summed E-state index contributed by atoms with van der Waals surface area (Å²) in [4.78, 5) is 9.71. The number of aryl methyl sites for hydroxylation is 2. The van der Waals surface area contributed by atoms with Gasteiger partial charge in [0.15, 0.2) is 0 Å². The number of para-hydroxylation sites is 2. The number of rotatable bonds is 7. The Labute approximate surface area is 368 Å². The molecule has 3 heterocycles. The quantitative estimate of drug-likeness (QED) is 0.118. The molecule has 3 aromatic heterocycles. The number of benzene rings is 6. The minimum atomic E-state index is -2.08. The van der Waals surface area contributed by atoms with Crippen molar-refractivity contribution in [2.45, 2.75) is 72.9 Å². The van der Waals surface area contributed by atoms with Crippen LogP contribution < -0.4 is 5.19 Å². The average Bonchev–Trinajstić information content (AvgIpc) is 3.82. The van der Waals surface area contributed by atoms with Crippen LogP contribution in [0.2, 0.25) is 19.6 Å². The average molecular weight is 969 g/mol. The van der Waals surface area contributed by atoms with Gasteiger partial charge in [-0.05, 0) is 87.8 Å². The van der Waals surface area contributed by atoms with Crippen LogP contribution in [-0.4, -0.2) is 22.6 Å². The largest absolute Gasteiger partial charge is 0.500 e.